The Hall–Kier alpha value is -0.890. The molecule has 0 spiro atoms. The Labute approximate surface area is 96.2 Å². The second-order valence-corrected chi connectivity index (χ2v) is 4.45. The van der Waals surface area contributed by atoms with Gasteiger partial charge in [0.1, 0.15) is 5.75 Å². The van der Waals surface area contributed by atoms with Gasteiger partial charge in [-0.25, -0.2) is 0 Å². The summed E-state index contributed by atoms with van der Waals surface area (Å²) in [5.74, 6) is 1.31. The van der Waals surface area contributed by atoms with Gasteiger partial charge in [-0.15, -0.1) is 11.8 Å². The van der Waals surface area contributed by atoms with Gasteiger partial charge in [0.15, 0.2) is 0 Å². The van der Waals surface area contributed by atoms with E-state index in [4.69, 9.17) is 0 Å². The molecule has 82 valence electrons. The van der Waals surface area contributed by atoms with E-state index in [0.717, 1.165) is 17.1 Å². The van der Waals surface area contributed by atoms with Crippen LogP contribution in [0.4, 0.5) is 0 Å². The topological polar surface area (TPSA) is 20.2 Å². The molecule has 2 heteroatoms. The fraction of sp³-hybridized carbons (Fsp3) is 0.385. The molecule has 0 radical (unpaired) electrons. The van der Waals surface area contributed by atoms with Gasteiger partial charge in [-0.3, -0.25) is 0 Å². The number of aromatic hydroxyl groups is 1. The third-order valence-electron chi connectivity index (χ3n) is 2.09. The molecule has 15 heavy (non-hydrogen) atoms. The van der Waals surface area contributed by atoms with E-state index < -0.39 is 0 Å². The maximum absolute atomic E-state index is 9.51. The molecule has 0 saturated heterocycles. The molecule has 0 heterocycles. The fourth-order valence-electron chi connectivity index (χ4n) is 1.22. The lowest BCUT2D eigenvalue weighted by atomic mass is 10.2. The molecule has 1 aromatic rings. The van der Waals surface area contributed by atoms with Crippen molar-refractivity contribution in [3.63, 3.8) is 0 Å². The Balaban J connectivity index is 2.26. The number of phenols is 1. The summed E-state index contributed by atoms with van der Waals surface area (Å²) >= 11 is 1.67. The number of unbranched alkanes of at least 4 members (excludes halogenated alkanes) is 2. The van der Waals surface area contributed by atoms with Gasteiger partial charge in [0.05, 0.1) is 0 Å². The van der Waals surface area contributed by atoms with Crippen LogP contribution >= 0.6 is 11.8 Å². The molecular formula is C13H18OS. The van der Waals surface area contributed by atoms with Crippen LogP contribution in [0.1, 0.15) is 26.2 Å². The van der Waals surface area contributed by atoms with Gasteiger partial charge < -0.3 is 5.11 Å². The van der Waals surface area contributed by atoms with Crippen LogP contribution in [0, 0.1) is 0 Å². The molecule has 0 saturated carbocycles. The van der Waals surface area contributed by atoms with Gasteiger partial charge in [0, 0.05) is 10.6 Å². The van der Waals surface area contributed by atoms with E-state index in [2.05, 4.69) is 19.1 Å². The van der Waals surface area contributed by atoms with Crippen LogP contribution in [-0.2, 0) is 0 Å². The smallest absolute Gasteiger partial charge is 0.129 e. The molecule has 0 fully saturated rings. The molecule has 0 bridgehead atoms. The molecule has 0 amide bonds. The molecule has 0 unspecified atom stereocenters. The number of allylic oxidation sites excluding steroid dienone is 1. The summed E-state index contributed by atoms with van der Waals surface area (Å²) in [5, 5.41) is 9.51. The van der Waals surface area contributed by atoms with E-state index in [9.17, 15) is 5.11 Å². The summed E-state index contributed by atoms with van der Waals surface area (Å²) in [7, 11) is 0. The van der Waals surface area contributed by atoms with Crippen LogP contribution in [0.15, 0.2) is 41.3 Å². The minimum absolute atomic E-state index is 0.379. The van der Waals surface area contributed by atoms with Crippen molar-refractivity contribution in [2.75, 3.05) is 5.75 Å². The van der Waals surface area contributed by atoms with Crippen LogP contribution in [-0.4, -0.2) is 10.9 Å². The molecule has 0 atom stereocenters. The number of thioether (sulfide) groups is 1. The van der Waals surface area contributed by atoms with E-state index in [1.54, 1.807) is 17.8 Å². The van der Waals surface area contributed by atoms with Crippen LogP contribution in [0.25, 0.3) is 0 Å². The number of hydrogen-bond acceptors (Lipinski definition) is 2. The summed E-state index contributed by atoms with van der Waals surface area (Å²) in [6.07, 6.45) is 8.07. The highest BCUT2D eigenvalue weighted by Crippen LogP contribution is 2.27. The quantitative estimate of drug-likeness (QED) is 0.441. The Kier molecular flexibility index (Phi) is 6.02. The van der Waals surface area contributed by atoms with Crippen molar-refractivity contribution in [1.29, 1.82) is 0 Å². The molecule has 0 aliphatic heterocycles. The van der Waals surface area contributed by atoms with Crippen LogP contribution in [0.2, 0.25) is 0 Å². The van der Waals surface area contributed by atoms with Crippen molar-refractivity contribution in [2.24, 2.45) is 0 Å². The second-order valence-electron chi connectivity index (χ2n) is 3.39. The van der Waals surface area contributed by atoms with Crippen molar-refractivity contribution >= 4 is 11.8 Å². The molecule has 1 aromatic carbocycles. The Bertz CT molecular complexity index is 307. The van der Waals surface area contributed by atoms with E-state index in [1.165, 1.54) is 12.8 Å². The Morgan fingerprint density at radius 2 is 2.07 bits per heavy atom. The largest absolute Gasteiger partial charge is 0.507 e. The summed E-state index contributed by atoms with van der Waals surface area (Å²) < 4.78 is 0. The zero-order valence-corrected chi connectivity index (χ0v) is 9.96. The number of hydrogen-bond donors (Lipinski definition) is 1. The van der Waals surface area contributed by atoms with Gasteiger partial charge >= 0.3 is 0 Å². The second kappa shape index (κ2) is 7.41. The average molecular weight is 222 g/mol. The van der Waals surface area contributed by atoms with E-state index in [0.29, 0.717) is 5.75 Å². The molecule has 1 nitrogen and oxygen atoms in total. The summed E-state index contributed by atoms with van der Waals surface area (Å²) in [6.45, 7) is 2.20. The highest BCUT2D eigenvalue weighted by Gasteiger charge is 1.97. The molecular weight excluding hydrogens is 204 g/mol. The predicted molar refractivity (Wildman–Crippen MR) is 67.5 cm³/mol. The minimum atomic E-state index is 0.379. The minimum Gasteiger partial charge on any atom is -0.507 e. The fourth-order valence-corrected chi connectivity index (χ4v) is 2.03. The summed E-state index contributed by atoms with van der Waals surface area (Å²) in [4.78, 5) is 0.956. The van der Waals surface area contributed by atoms with Crippen molar-refractivity contribution in [3.05, 3.63) is 36.4 Å². The maximum Gasteiger partial charge on any atom is 0.129 e. The molecule has 1 N–H and O–H groups in total. The lowest BCUT2D eigenvalue weighted by molar-refractivity contribution is 0.462. The van der Waals surface area contributed by atoms with E-state index in [1.807, 2.05) is 18.2 Å². The number of phenolic OH excluding ortho intramolecular Hbond substituents is 1. The zero-order valence-electron chi connectivity index (χ0n) is 9.15. The summed E-state index contributed by atoms with van der Waals surface area (Å²) in [5.41, 5.74) is 0. The standard InChI is InChI=1S/C13H18OS/c1-2-3-4-5-8-11-15-13-10-7-6-9-12(13)14/h5-10,14H,2-4,11H2,1H3. The average Bonchev–Trinajstić information content (AvgIpc) is 2.25. The van der Waals surface area contributed by atoms with Crippen molar-refractivity contribution in [3.8, 4) is 5.75 Å². The van der Waals surface area contributed by atoms with Gasteiger partial charge in [-0.05, 0) is 18.6 Å². The monoisotopic (exact) mass is 222 g/mol. The van der Waals surface area contributed by atoms with Gasteiger partial charge in [-0.2, -0.15) is 0 Å². The maximum atomic E-state index is 9.51. The van der Waals surface area contributed by atoms with Crippen molar-refractivity contribution in [2.45, 2.75) is 31.1 Å². The molecule has 1 rings (SSSR count). The number of para-hydroxylation sites is 1. The van der Waals surface area contributed by atoms with Crippen molar-refractivity contribution < 1.29 is 5.11 Å². The van der Waals surface area contributed by atoms with Gasteiger partial charge in [0.25, 0.3) is 0 Å². The van der Waals surface area contributed by atoms with Gasteiger partial charge in [0.2, 0.25) is 0 Å². The molecule has 0 aromatic heterocycles. The highest BCUT2D eigenvalue weighted by atomic mass is 32.2. The third kappa shape index (κ3) is 4.93. The number of benzene rings is 1. The Morgan fingerprint density at radius 3 is 2.80 bits per heavy atom. The first kappa shape index (κ1) is 12.2. The van der Waals surface area contributed by atoms with Crippen LogP contribution in [0.3, 0.4) is 0 Å². The lowest BCUT2D eigenvalue weighted by Gasteiger charge is -2.00. The van der Waals surface area contributed by atoms with Crippen LogP contribution in [0.5, 0.6) is 5.75 Å². The molecule has 0 aliphatic rings. The first-order valence-electron chi connectivity index (χ1n) is 5.40. The lowest BCUT2D eigenvalue weighted by Crippen LogP contribution is -1.75. The third-order valence-corrected chi connectivity index (χ3v) is 3.11. The first-order chi connectivity index (χ1) is 7.34. The normalized spacial score (nSPS) is 11.0. The zero-order chi connectivity index (χ0) is 10.9. The van der Waals surface area contributed by atoms with Gasteiger partial charge in [-0.1, -0.05) is 44.1 Å². The van der Waals surface area contributed by atoms with Crippen LogP contribution < -0.4 is 0 Å². The highest BCUT2D eigenvalue weighted by molar-refractivity contribution is 7.99. The molecule has 0 aliphatic carbocycles. The predicted octanol–water partition coefficient (Wildman–Crippen LogP) is 4.23. The first-order valence-corrected chi connectivity index (χ1v) is 6.39. The Morgan fingerprint density at radius 1 is 1.27 bits per heavy atom. The summed E-state index contributed by atoms with van der Waals surface area (Å²) in [6, 6.07) is 7.46. The van der Waals surface area contributed by atoms with E-state index >= 15 is 0 Å². The number of rotatable bonds is 6. The van der Waals surface area contributed by atoms with E-state index in [-0.39, 0.29) is 0 Å². The SMILES string of the molecule is CCCCC=CCSc1ccccc1O. The van der Waals surface area contributed by atoms with Crippen molar-refractivity contribution in [1.82, 2.24) is 0 Å².